The minimum Gasteiger partial charge on any atom is -0.486 e. The molecule has 19 heavy (non-hydrogen) atoms. The van der Waals surface area contributed by atoms with Crippen LogP contribution in [0.4, 0.5) is 0 Å². The van der Waals surface area contributed by atoms with Gasteiger partial charge in [-0.1, -0.05) is 19.9 Å². The van der Waals surface area contributed by atoms with Crippen LogP contribution in [0.5, 0.6) is 11.5 Å². The zero-order valence-electron chi connectivity index (χ0n) is 12.2. The number of fused-ring (bicyclic) bond motifs is 1. The van der Waals surface area contributed by atoms with E-state index in [9.17, 15) is 0 Å². The number of hydrogen-bond donors (Lipinski definition) is 1. The fraction of sp³-hybridized carbons (Fsp3) is 0.625. The minimum atomic E-state index is 0.523. The summed E-state index contributed by atoms with van der Waals surface area (Å²) in [7, 11) is 0. The fourth-order valence-corrected chi connectivity index (χ4v) is 2.51. The number of hydrogen-bond acceptors (Lipinski definition) is 3. The summed E-state index contributed by atoms with van der Waals surface area (Å²) in [5.74, 6) is 2.29. The summed E-state index contributed by atoms with van der Waals surface area (Å²) >= 11 is 0. The average molecular weight is 263 g/mol. The number of benzene rings is 1. The highest BCUT2D eigenvalue weighted by Crippen LogP contribution is 2.34. The van der Waals surface area contributed by atoms with Gasteiger partial charge in [0.1, 0.15) is 13.2 Å². The second-order valence-corrected chi connectivity index (χ2v) is 5.40. The van der Waals surface area contributed by atoms with Gasteiger partial charge in [-0.05, 0) is 49.9 Å². The van der Waals surface area contributed by atoms with Crippen LogP contribution in [-0.4, -0.2) is 25.8 Å². The molecule has 0 aromatic heterocycles. The molecule has 1 aliphatic rings. The molecule has 0 aliphatic carbocycles. The SMILES string of the molecule is CCCNC(C)CC(C)c1ccc2c(c1)OCCO2. The molecular weight excluding hydrogens is 238 g/mol. The van der Waals surface area contributed by atoms with Gasteiger partial charge in [0.2, 0.25) is 0 Å². The first-order valence-corrected chi connectivity index (χ1v) is 7.33. The molecule has 0 amide bonds. The van der Waals surface area contributed by atoms with Crippen molar-refractivity contribution in [1.82, 2.24) is 5.32 Å². The monoisotopic (exact) mass is 263 g/mol. The first-order chi connectivity index (χ1) is 9.20. The molecule has 0 bridgehead atoms. The molecule has 2 rings (SSSR count). The van der Waals surface area contributed by atoms with Gasteiger partial charge >= 0.3 is 0 Å². The molecule has 1 aromatic rings. The van der Waals surface area contributed by atoms with E-state index in [1.165, 1.54) is 12.0 Å². The van der Waals surface area contributed by atoms with Gasteiger partial charge in [-0.25, -0.2) is 0 Å². The maximum Gasteiger partial charge on any atom is 0.161 e. The lowest BCUT2D eigenvalue weighted by Gasteiger charge is -2.22. The third kappa shape index (κ3) is 3.87. The van der Waals surface area contributed by atoms with Crippen molar-refractivity contribution in [1.29, 1.82) is 0 Å². The van der Waals surface area contributed by atoms with Crippen molar-refractivity contribution in [3.8, 4) is 11.5 Å². The summed E-state index contributed by atoms with van der Waals surface area (Å²) in [4.78, 5) is 0. The first kappa shape index (κ1) is 14.2. The Hall–Kier alpha value is -1.22. The number of rotatable bonds is 6. The van der Waals surface area contributed by atoms with Gasteiger partial charge in [0.05, 0.1) is 0 Å². The van der Waals surface area contributed by atoms with Crippen LogP contribution in [0.25, 0.3) is 0 Å². The largest absolute Gasteiger partial charge is 0.486 e. The Morgan fingerprint density at radius 1 is 1.16 bits per heavy atom. The first-order valence-electron chi connectivity index (χ1n) is 7.33. The fourth-order valence-electron chi connectivity index (χ4n) is 2.51. The Morgan fingerprint density at radius 3 is 2.63 bits per heavy atom. The molecule has 0 saturated carbocycles. The van der Waals surface area contributed by atoms with E-state index in [0.29, 0.717) is 25.2 Å². The lowest BCUT2D eigenvalue weighted by atomic mass is 9.94. The van der Waals surface area contributed by atoms with Gasteiger partial charge in [0.15, 0.2) is 11.5 Å². The molecule has 1 aliphatic heterocycles. The Morgan fingerprint density at radius 2 is 1.89 bits per heavy atom. The van der Waals surface area contributed by atoms with Crippen LogP contribution in [-0.2, 0) is 0 Å². The van der Waals surface area contributed by atoms with Gasteiger partial charge in [0.25, 0.3) is 0 Å². The topological polar surface area (TPSA) is 30.5 Å². The highest BCUT2D eigenvalue weighted by molar-refractivity contribution is 5.44. The van der Waals surface area contributed by atoms with Crippen molar-refractivity contribution < 1.29 is 9.47 Å². The quantitative estimate of drug-likeness (QED) is 0.854. The van der Waals surface area contributed by atoms with Crippen molar-refractivity contribution >= 4 is 0 Å². The van der Waals surface area contributed by atoms with Gasteiger partial charge in [-0.15, -0.1) is 0 Å². The van der Waals surface area contributed by atoms with Gasteiger partial charge in [0, 0.05) is 6.04 Å². The van der Waals surface area contributed by atoms with E-state index in [1.54, 1.807) is 0 Å². The second-order valence-electron chi connectivity index (χ2n) is 5.40. The molecule has 1 aromatic carbocycles. The Balaban J connectivity index is 1.97. The molecule has 0 fully saturated rings. The van der Waals surface area contributed by atoms with Crippen molar-refractivity contribution in [3.05, 3.63) is 23.8 Å². The van der Waals surface area contributed by atoms with Crippen molar-refractivity contribution in [2.45, 2.75) is 45.6 Å². The molecule has 2 atom stereocenters. The summed E-state index contributed by atoms with van der Waals surface area (Å²) in [5.41, 5.74) is 1.33. The molecule has 3 heteroatoms. The third-order valence-electron chi connectivity index (χ3n) is 3.59. The van der Waals surface area contributed by atoms with E-state index in [1.807, 2.05) is 6.07 Å². The predicted octanol–water partition coefficient (Wildman–Crippen LogP) is 3.34. The van der Waals surface area contributed by atoms with E-state index in [4.69, 9.17) is 9.47 Å². The summed E-state index contributed by atoms with van der Waals surface area (Å²) < 4.78 is 11.2. The molecule has 3 nitrogen and oxygen atoms in total. The van der Waals surface area contributed by atoms with E-state index in [2.05, 4.69) is 38.2 Å². The average Bonchev–Trinajstić information content (AvgIpc) is 2.44. The summed E-state index contributed by atoms with van der Waals surface area (Å²) in [6.07, 6.45) is 2.32. The Bertz CT molecular complexity index is 406. The van der Waals surface area contributed by atoms with Crippen LogP contribution in [0.3, 0.4) is 0 Å². The van der Waals surface area contributed by atoms with E-state index in [-0.39, 0.29) is 0 Å². The summed E-state index contributed by atoms with van der Waals surface area (Å²) in [6.45, 7) is 9.12. The van der Waals surface area contributed by atoms with E-state index in [0.717, 1.165) is 24.5 Å². The molecule has 0 spiro atoms. The maximum absolute atomic E-state index is 5.64. The lowest BCUT2D eigenvalue weighted by molar-refractivity contribution is 0.171. The molecule has 1 heterocycles. The smallest absolute Gasteiger partial charge is 0.161 e. The molecule has 1 N–H and O–H groups in total. The molecule has 2 unspecified atom stereocenters. The van der Waals surface area contributed by atoms with E-state index < -0.39 is 0 Å². The predicted molar refractivity (Wildman–Crippen MR) is 78.2 cm³/mol. The zero-order chi connectivity index (χ0) is 13.7. The normalized spacial score (nSPS) is 17.0. The van der Waals surface area contributed by atoms with Crippen LogP contribution < -0.4 is 14.8 Å². The standard InChI is InChI=1S/C16H25NO2/c1-4-7-17-13(3)10-12(2)14-5-6-15-16(11-14)19-9-8-18-15/h5-6,11-13,17H,4,7-10H2,1-3H3. The van der Waals surface area contributed by atoms with Crippen LogP contribution in [0.2, 0.25) is 0 Å². The highest BCUT2D eigenvalue weighted by atomic mass is 16.6. The number of nitrogens with one attached hydrogen (secondary N) is 1. The third-order valence-corrected chi connectivity index (χ3v) is 3.59. The second kappa shape index (κ2) is 6.80. The van der Waals surface area contributed by atoms with Crippen molar-refractivity contribution in [2.24, 2.45) is 0 Å². The minimum absolute atomic E-state index is 0.523. The molecule has 0 saturated heterocycles. The van der Waals surface area contributed by atoms with Crippen LogP contribution in [0, 0.1) is 0 Å². The molecule has 106 valence electrons. The van der Waals surface area contributed by atoms with Crippen LogP contribution in [0.1, 0.15) is 45.1 Å². The Labute approximate surface area is 116 Å². The van der Waals surface area contributed by atoms with E-state index >= 15 is 0 Å². The van der Waals surface area contributed by atoms with Crippen LogP contribution in [0.15, 0.2) is 18.2 Å². The van der Waals surface area contributed by atoms with Gasteiger partial charge in [-0.2, -0.15) is 0 Å². The van der Waals surface area contributed by atoms with Crippen molar-refractivity contribution in [3.63, 3.8) is 0 Å². The molecular formula is C16H25NO2. The van der Waals surface area contributed by atoms with Gasteiger partial charge in [-0.3, -0.25) is 0 Å². The maximum atomic E-state index is 5.64. The van der Waals surface area contributed by atoms with Gasteiger partial charge < -0.3 is 14.8 Å². The zero-order valence-corrected chi connectivity index (χ0v) is 12.2. The lowest BCUT2D eigenvalue weighted by Crippen LogP contribution is -2.28. The summed E-state index contributed by atoms with van der Waals surface area (Å²) in [6, 6.07) is 6.86. The summed E-state index contributed by atoms with van der Waals surface area (Å²) in [5, 5.41) is 3.54. The molecule has 0 radical (unpaired) electrons. The van der Waals surface area contributed by atoms with Crippen LogP contribution >= 0.6 is 0 Å². The Kier molecular flexibility index (Phi) is 5.08. The highest BCUT2D eigenvalue weighted by Gasteiger charge is 2.15. The number of ether oxygens (including phenoxy) is 2. The van der Waals surface area contributed by atoms with Crippen molar-refractivity contribution in [2.75, 3.05) is 19.8 Å².